The van der Waals surface area contributed by atoms with Crippen molar-refractivity contribution in [3.05, 3.63) is 22.3 Å². The van der Waals surface area contributed by atoms with Crippen LogP contribution in [0, 0.1) is 12.8 Å². The highest BCUT2D eigenvalue weighted by Gasteiger charge is 2.35. The summed E-state index contributed by atoms with van der Waals surface area (Å²) in [6.07, 6.45) is 0.780. The molecule has 6 nitrogen and oxygen atoms in total. The standard InChI is InChI=1S/C17H27BrN4O2/c1-11-5-6-15(18)20-16(11)21-17(23)14-9-13(12(2)19-14)10-24-8-7-22(3)4/h5-6,12-14,19H,7-10H2,1-4H3,(H,20,21,23)/t12-,13-,14+/m1/s1. The summed E-state index contributed by atoms with van der Waals surface area (Å²) in [4.78, 5) is 18.9. The van der Waals surface area contributed by atoms with Gasteiger partial charge < -0.3 is 20.3 Å². The fourth-order valence-corrected chi connectivity index (χ4v) is 3.05. The van der Waals surface area contributed by atoms with Crippen molar-refractivity contribution in [2.75, 3.05) is 39.2 Å². The zero-order valence-corrected chi connectivity index (χ0v) is 16.4. The van der Waals surface area contributed by atoms with Gasteiger partial charge in [-0.3, -0.25) is 4.79 Å². The molecule has 1 saturated heterocycles. The smallest absolute Gasteiger partial charge is 0.242 e. The molecule has 0 aromatic carbocycles. The molecular weight excluding hydrogens is 372 g/mol. The molecule has 1 aromatic heterocycles. The van der Waals surface area contributed by atoms with Gasteiger partial charge in [0.2, 0.25) is 5.91 Å². The van der Waals surface area contributed by atoms with E-state index in [0.29, 0.717) is 29.6 Å². The first-order valence-electron chi connectivity index (χ1n) is 8.29. The Balaban J connectivity index is 1.84. The van der Waals surface area contributed by atoms with Crippen molar-refractivity contribution >= 4 is 27.7 Å². The molecule has 7 heteroatoms. The molecule has 0 unspecified atom stereocenters. The number of hydrogen-bond donors (Lipinski definition) is 2. The first kappa shape index (κ1) is 19.3. The number of nitrogens with one attached hydrogen (secondary N) is 2. The number of aromatic nitrogens is 1. The Morgan fingerprint density at radius 1 is 1.50 bits per heavy atom. The van der Waals surface area contributed by atoms with Crippen molar-refractivity contribution in [2.24, 2.45) is 5.92 Å². The minimum atomic E-state index is -0.206. The molecule has 0 saturated carbocycles. The molecule has 2 rings (SSSR count). The number of carbonyl (C=O) groups is 1. The predicted octanol–water partition coefficient (Wildman–Crippen LogP) is 2.04. The van der Waals surface area contributed by atoms with Crippen LogP contribution in [0.3, 0.4) is 0 Å². The van der Waals surface area contributed by atoms with Crippen molar-refractivity contribution in [3.63, 3.8) is 0 Å². The van der Waals surface area contributed by atoms with Crippen molar-refractivity contribution in [2.45, 2.75) is 32.4 Å². The number of pyridine rings is 1. The fourth-order valence-electron chi connectivity index (χ4n) is 2.74. The van der Waals surface area contributed by atoms with Crippen LogP contribution in [0.25, 0.3) is 0 Å². The minimum Gasteiger partial charge on any atom is -0.380 e. The van der Waals surface area contributed by atoms with E-state index >= 15 is 0 Å². The molecule has 1 aromatic rings. The number of amides is 1. The predicted molar refractivity (Wildman–Crippen MR) is 99.2 cm³/mol. The molecule has 1 aliphatic heterocycles. The Hall–Kier alpha value is -1.02. The van der Waals surface area contributed by atoms with E-state index in [1.807, 2.05) is 33.2 Å². The summed E-state index contributed by atoms with van der Waals surface area (Å²) in [6.45, 7) is 6.34. The van der Waals surface area contributed by atoms with E-state index < -0.39 is 0 Å². The van der Waals surface area contributed by atoms with Crippen molar-refractivity contribution in [3.8, 4) is 0 Å². The lowest BCUT2D eigenvalue weighted by Crippen LogP contribution is -2.38. The van der Waals surface area contributed by atoms with E-state index in [2.05, 4.69) is 43.4 Å². The third-order valence-electron chi connectivity index (χ3n) is 4.35. The summed E-state index contributed by atoms with van der Waals surface area (Å²) in [5, 5.41) is 6.29. The van der Waals surface area contributed by atoms with Gasteiger partial charge in [0.25, 0.3) is 0 Å². The normalized spacial score (nSPS) is 23.7. The van der Waals surface area contributed by atoms with Crippen LogP contribution < -0.4 is 10.6 Å². The van der Waals surface area contributed by atoms with Crippen LogP contribution in [0.15, 0.2) is 16.7 Å². The lowest BCUT2D eigenvalue weighted by atomic mass is 10.0. The number of ether oxygens (including phenoxy) is 1. The SMILES string of the molecule is Cc1ccc(Br)nc1NC(=O)[C@@H]1C[C@H](COCCN(C)C)[C@@H](C)N1. The van der Waals surface area contributed by atoms with E-state index in [4.69, 9.17) is 4.74 Å². The van der Waals surface area contributed by atoms with Crippen molar-refractivity contribution in [1.29, 1.82) is 0 Å². The summed E-state index contributed by atoms with van der Waals surface area (Å²) in [6, 6.07) is 3.85. The second-order valence-electron chi connectivity index (χ2n) is 6.67. The lowest BCUT2D eigenvalue weighted by molar-refractivity contribution is -0.117. The largest absolute Gasteiger partial charge is 0.380 e. The number of carbonyl (C=O) groups excluding carboxylic acids is 1. The highest BCUT2D eigenvalue weighted by molar-refractivity contribution is 9.10. The fraction of sp³-hybridized carbons (Fsp3) is 0.647. The van der Waals surface area contributed by atoms with Gasteiger partial charge >= 0.3 is 0 Å². The van der Waals surface area contributed by atoms with E-state index in [9.17, 15) is 4.79 Å². The van der Waals surface area contributed by atoms with Gasteiger partial charge in [-0.1, -0.05) is 6.07 Å². The van der Waals surface area contributed by atoms with Gasteiger partial charge in [-0.25, -0.2) is 4.98 Å². The Labute approximate surface area is 152 Å². The zero-order valence-electron chi connectivity index (χ0n) is 14.8. The second-order valence-corrected chi connectivity index (χ2v) is 7.48. The molecular formula is C17H27BrN4O2. The highest BCUT2D eigenvalue weighted by Crippen LogP contribution is 2.23. The maximum absolute atomic E-state index is 12.5. The van der Waals surface area contributed by atoms with Crippen LogP contribution >= 0.6 is 15.9 Å². The summed E-state index contributed by atoms with van der Waals surface area (Å²) < 4.78 is 6.46. The Morgan fingerprint density at radius 3 is 2.96 bits per heavy atom. The Morgan fingerprint density at radius 2 is 2.25 bits per heavy atom. The summed E-state index contributed by atoms with van der Waals surface area (Å²) in [5.74, 6) is 0.917. The second kappa shape index (κ2) is 8.89. The number of aryl methyl sites for hydroxylation is 1. The van der Waals surface area contributed by atoms with Gasteiger partial charge in [0, 0.05) is 12.6 Å². The number of hydrogen-bond acceptors (Lipinski definition) is 5. The first-order chi connectivity index (χ1) is 11.4. The minimum absolute atomic E-state index is 0.0358. The van der Waals surface area contributed by atoms with Crippen LogP contribution in [-0.2, 0) is 9.53 Å². The average molecular weight is 399 g/mol. The van der Waals surface area contributed by atoms with Gasteiger partial charge in [-0.2, -0.15) is 0 Å². The number of anilines is 1. The third-order valence-corrected chi connectivity index (χ3v) is 4.79. The van der Waals surface area contributed by atoms with Crippen LogP contribution in [0.2, 0.25) is 0 Å². The molecule has 2 N–H and O–H groups in total. The highest BCUT2D eigenvalue weighted by atomic mass is 79.9. The molecule has 1 amide bonds. The number of halogens is 1. The summed E-state index contributed by atoms with van der Waals surface area (Å²) in [5.41, 5.74) is 0.946. The van der Waals surface area contributed by atoms with Crippen molar-refractivity contribution < 1.29 is 9.53 Å². The van der Waals surface area contributed by atoms with Gasteiger partial charge in [-0.05, 0) is 67.8 Å². The molecule has 134 valence electrons. The van der Waals surface area contributed by atoms with Crippen LogP contribution in [0.1, 0.15) is 18.9 Å². The molecule has 0 radical (unpaired) electrons. The number of likely N-dealkylation sites (N-methyl/N-ethyl adjacent to an activating group) is 1. The maximum Gasteiger partial charge on any atom is 0.242 e. The first-order valence-corrected chi connectivity index (χ1v) is 9.08. The van der Waals surface area contributed by atoms with Crippen LogP contribution in [-0.4, -0.2) is 61.7 Å². The van der Waals surface area contributed by atoms with E-state index in [-0.39, 0.29) is 18.0 Å². The molecule has 1 aliphatic rings. The van der Waals surface area contributed by atoms with E-state index in [1.165, 1.54) is 0 Å². The zero-order chi connectivity index (χ0) is 17.7. The van der Waals surface area contributed by atoms with Crippen molar-refractivity contribution in [1.82, 2.24) is 15.2 Å². The van der Waals surface area contributed by atoms with Gasteiger partial charge in [0.1, 0.15) is 10.4 Å². The van der Waals surface area contributed by atoms with Crippen LogP contribution in [0.4, 0.5) is 5.82 Å². The average Bonchev–Trinajstić information content (AvgIpc) is 2.88. The molecule has 0 aliphatic carbocycles. The molecule has 0 spiro atoms. The molecule has 1 fully saturated rings. The maximum atomic E-state index is 12.5. The molecule has 3 atom stereocenters. The summed E-state index contributed by atoms with van der Waals surface area (Å²) >= 11 is 3.34. The molecule has 2 heterocycles. The topological polar surface area (TPSA) is 66.5 Å². The number of nitrogens with zero attached hydrogens (tertiary/aromatic N) is 2. The monoisotopic (exact) mass is 398 g/mol. The third kappa shape index (κ3) is 5.51. The lowest BCUT2D eigenvalue weighted by Gasteiger charge is -2.16. The summed E-state index contributed by atoms with van der Waals surface area (Å²) in [7, 11) is 4.06. The van der Waals surface area contributed by atoms with Gasteiger partial charge in [-0.15, -0.1) is 0 Å². The van der Waals surface area contributed by atoms with E-state index in [1.54, 1.807) is 0 Å². The molecule has 0 bridgehead atoms. The Bertz CT molecular complexity index is 568. The van der Waals surface area contributed by atoms with Gasteiger partial charge in [0.05, 0.1) is 19.3 Å². The Kier molecular flexibility index (Phi) is 7.16. The number of rotatable bonds is 7. The van der Waals surface area contributed by atoms with Crippen LogP contribution in [0.5, 0.6) is 0 Å². The van der Waals surface area contributed by atoms with Gasteiger partial charge in [0.15, 0.2) is 0 Å². The molecule has 24 heavy (non-hydrogen) atoms. The van der Waals surface area contributed by atoms with E-state index in [0.717, 1.165) is 18.5 Å². The quantitative estimate of drug-likeness (QED) is 0.543.